The van der Waals surface area contributed by atoms with Gasteiger partial charge in [0, 0.05) is 51.2 Å². The van der Waals surface area contributed by atoms with Gasteiger partial charge in [0.1, 0.15) is 5.82 Å². The minimum absolute atomic E-state index is 0. The minimum atomic E-state index is -0.186. The van der Waals surface area contributed by atoms with E-state index in [0.29, 0.717) is 5.69 Å². The third-order valence-corrected chi connectivity index (χ3v) is 5.23. The minimum Gasteiger partial charge on any atom is -0.372 e. The van der Waals surface area contributed by atoms with Crippen LogP contribution in [0.25, 0.3) is 0 Å². The molecule has 0 saturated carbocycles. The first-order valence-corrected chi connectivity index (χ1v) is 9.79. The Morgan fingerprint density at radius 2 is 2.00 bits per heavy atom. The molecule has 0 aliphatic heterocycles. The highest BCUT2D eigenvalue weighted by Crippen LogP contribution is 2.16. The van der Waals surface area contributed by atoms with E-state index in [2.05, 4.69) is 27.5 Å². The maximum absolute atomic E-state index is 13.7. The number of aryl methyl sites for hydroxylation is 1. The van der Waals surface area contributed by atoms with Crippen molar-refractivity contribution in [2.75, 3.05) is 38.6 Å². The zero-order chi connectivity index (χ0) is 18.8. The van der Waals surface area contributed by atoms with E-state index in [-0.39, 0.29) is 29.8 Å². The quantitative estimate of drug-likeness (QED) is 0.236. The van der Waals surface area contributed by atoms with Crippen LogP contribution in [0.4, 0.5) is 10.1 Å². The van der Waals surface area contributed by atoms with Crippen LogP contribution in [0, 0.1) is 5.82 Å². The summed E-state index contributed by atoms with van der Waals surface area (Å²) in [4.78, 5) is 11.9. The summed E-state index contributed by atoms with van der Waals surface area (Å²) < 4.78 is 13.7. The third kappa shape index (κ3) is 8.00. The molecule has 0 amide bonds. The van der Waals surface area contributed by atoms with Crippen molar-refractivity contribution in [3.8, 4) is 0 Å². The van der Waals surface area contributed by atoms with Gasteiger partial charge in [-0.3, -0.25) is 4.99 Å². The molecule has 2 N–H and O–H groups in total. The summed E-state index contributed by atoms with van der Waals surface area (Å²) in [6, 6.07) is 6.84. The molecular formula is C19H29FIN5S. The van der Waals surface area contributed by atoms with Gasteiger partial charge in [0.2, 0.25) is 0 Å². The molecule has 0 aliphatic carbocycles. The van der Waals surface area contributed by atoms with Crippen molar-refractivity contribution in [2.24, 2.45) is 4.99 Å². The molecule has 0 atom stereocenters. The molecule has 0 aliphatic rings. The molecule has 0 spiro atoms. The SMILES string of the molecule is CCc1cnc(CCNC(=NC)NCCCN(C)c2ccccc2F)s1.I. The summed E-state index contributed by atoms with van der Waals surface area (Å²) in [5.41, 5.74) is 0.630. The van der Waals surface area contributed by atoms with Crippen LogP contribution in [0.3, 0.4) is 0 Å². The standard InChI is InChI=1S/C19H28FN5S.HI/c1-4-15-14-24-18(26-15)10-12-23-19(21-2)22-11-7-13-25(3)17-9-6-5-8-16(17)20;/h5-6,8-9,14H,4,7,10-13H2,1-3H3,(H2,21,22,23);1H. The number of nitrogens with zero attached hydrogens (tertiary/aromatic N) is 3. The van der Waals surface area contributed by atoms with Gasteiger partial charge in [-0.15, -0.1) is 35.3 Å². The Kier molecular flexibility index (Phi) is 11.3. The van der Waals surface area contributed by atoms with Gasteiger partial charge in [-0.1, -0.05) is 19.1 Å². The summed E-state index contributed by atoms with van der Waals surface area (Å²) in [6.45, 7) is 4.48. The van der Waals surface area contributed by atoms with Crippen LogP contribution < -0.4 is 15.5 Å². The molecule has 27 heavy (non-hydrogen) atoms. The number of rotatable bonds is 9. The van der Waals surface area contributed by atoms with Gasteiger partial charge in [-0.05, 0) is 25.0 Å². The Bertz CT molecular complexity index is 707. The van der Waals surface area contributed by atoms with Gasteiger partial charge in [0.25, 0.3) is 0 Å². The van der Waals surface area contributed by atoms with Gasteiger partial charge in [0.15, 0.2) is 5.96 Å². The number of hydrogen-bond donors (Lipinski definition) is 2. The first kappa shape index (κ1) is 23.6. The lowest BCUT2D eigenvalue weighted by atomic mass is 10.2. The molecule has 1 aromatic heterocycles. The summed E-state index contributed by atoms with van der Waals surface area (Å²) in [5.74, 6) is 0.597. The van der Waals surface area contributed by atoms with Crippen molar-refractivity contribution in [3.63, 3.8) is 0 Å². The van der Waals surface area contributed by atoms with E-state index in [1.54, 1.807) is 30.5 Å². The second-order valence-corrected chi connectivity index (χ2v) is 7.18. The summed E-state index contributed by atoms with van der Waals surface area (Å²) in [7, 11) is 3.67. The van der Waals surface area contributed by atoms with E-state index < -0.39 is 0 Å². The molecule has 1 aromatic carbocycles. The molecule has 2 rings (SSSR count). The first-order valence-electron chi connectivity index (χ1n) is 8.97. The van der Waals surface area contributed by atoms with Crippen molar-refractivity contribution in [2.45, 2.75) is 26.2 Å². The second kappa shape index (κ2) is 12.9. The van der Waals surface area contributed by atoms with Crippen molar-refractivity contribution in [1.82, 2.24) is 15.6 Å². The molecule has 0 bridgehead atoms. The number of benzene rings is 1. The van der Waals surface area contributed by atoms with Gasteiger partial charge >= 0.3 is 0 Å². The smallest absolute Gasteiger partial charge is 0.190 e. The first-order chi connectivity index (χ1) is 12.6. The monoisotopic (exact) mass is 505 g/mol. The van der Waals surface area contributed by atoms with Crippen molar-refractivity contribution in [1.29, 1.82) is 0 Å². The number of para-hydroxylation sites is 1. The van der Waals surface area contributed by atoms with Crippen molar-refractivity contribution in [3.05, 3.63) is 46.2 Å². The van der Waals surface area contributed by atoms with E-state index in [9.17, 15) is 4.39 Å². The lowest BCUT2D eigenvalue weighted by Gasteiger charge is -2.20. The average Bonchev–Trinajstić information content (AvgIpc) is 3.11. The summed E-state index contributed by atoms with van der Waals surface area (Å²) in [5, 5.41) is 7.75. The molecule has 0 fully saturated rings. The van der Waals surface area contributed by atoms with Crippen LogP contribution in [-0.4, -0.2) is 44.7 Å². The maximum atomic E-state index is 13.7. The van der Waals surface area contributed by atoms with E-state index in [4.69, 9.17) is 0 Å². The predicted octanol–water partition coefficient (Wildman–Crippen LogP) is 3.70. The Morgan fingerprint density at radius 3 is 2.67 bits per heavy atom. The van der Waals surface area contributed by atoms with E-state index >= 15 is 0 Å². The van der Waals surface area contributed by atoms with Gasteiger partial charge in [0.05, 0.1) is 10.7 Å². The topological polar surface area (TPSA) is 52.6 Å². The van der Waals surface area contributed by atoms with E-state index in [1.807, 2.05) is 24.2 Å². The molecular weight excluding hydrogens is 476 g/mol. The van der Waals surface area contributed by atoms with E-state index in [1.165, 1.54) is 10.9 Å². The normalized spacial score (nSPS) is 11.0. The van der Waals surface area contributed by atoms with Crippen LogP contribution in [0.2, 0.25) is 0 Å². The van der Waals surface area contributed by atoms with Crippen LogP contribution in [0.5, 0.6) is 0 Å². The molecule has 5 nitrogen and oxygen atoms in total. The predicted molar refractivity (Wildman–Crippen MR) is 124 cm³/mol. The molecule has 0 unspecified atom stereocenters. The molecule has 0 saturated heterocycles. The number of halogens is 2. The fourth-order valence-corrected chi connectivity index (χ4v) is 3.40. The molecule has 2 aromatic rings. The van der Waals surface area contributed by atoms with Crippen LogP contribution in [0.15, 0.2) is 35.5 Å². The fourth-order valence-electron chi connectivity index (χ4n) is 2.54. The number of anilines is 1. The zero-order valence-electron chi connectivity index (χ0n) is 16.2. The number of aliphatic imine (C=N–C) groups is 1. The van der Waals surface area contributed by atoms with Gasteiger partial charge in [-0.2, -0.15) is 0 Å². The fraction of sp³-hybridized carbons (Fsp3) is 0.474. The maximum Gasteiger partial charge on any atom is 0.190 e. The Hall–Kier alpha value is -1.42. The average molecular weight is 505 g/mol. The summed E-state index contributed by atoms with van der Waals surface area (Å²) >= 11 is 1.77. The van der Waals surface area contributed by atoms with Gasteiger partial charge in [-0.25, -0.2) is 9.37 Å². The molecule has 0 radical (unpaired) electrons. The van der Waals surface area contributed by atoms with Crippen molar-refractivity contribution >= 4 is 47.0 Å². The Morgan fingerprint density at radius 1 is 1.26 bits per heavy atom. The lowest BCUT2D eigenvalue weighted by molar-refractivity contribution is 0.619. The number of hydrogen-bond acceptors (Lipinski definition) is 4. The van der Waals surface area contributed by atoms with Crippen LogP contribution >= 0.6 is 35.3 Å². The lowest BCUT2D eigenvalue weighted by Crippen LogP contribution is -2.39. The molecule has 8 heteroatoms. The largest absolute Gasteiger partial charge is 0.372 e. The molecule has 1 heterocycles. The highest BCUT2D eigenvalue weighted by Gasteiger charge is 2.06. The van der Waals surface area contributed by atoms with E-state index in [0.717, 1.165) is 49.9 Å². The van der Waals surface area contributed by atoms with Gasteiger partial charge < -0.3 is 15.5 Å². The third-order valence-electron chi connectivity index (χ3n) is 4.03. The summed E-state index contributed by atoms with van der Waals surface area (Å²) in [6.07, 6.45) is 4.77. The molecule has 150 valence electrons. The second-order valence-electron chi connectivity index (χ2n) is 5.98. The highest BCUT2D eigenvalue weighted by atomic mass is 127. The van der Waals surface area contributed by atoms with Crippen LogP contribution in [-0.2, 0) is 12.8 Å². The number of aromatic nitrogens is 1. The Labute approximate surface area is 182 Å². The number of nitrogens with one attached hydrogen (secondary N) is 2. The number of thiazole rings is 1. The Balaban J connectivity index is 0.00000364. The zero-order valence-corrected chi connectivity index (χ0v) is 19.3. The highest BCUT2D eigenvalue weighted by molar-refractivity contribution is 14.0. The van der Waals surface area contributed by atoms with Crippen LogP contribution in [0.1, 0.15) is 23.2 Å². The number of guanidine groups is 1. The van der Waals surface area contributed by atoms with Crippen molar-refractivity contribution < 1.29 is 4.39 Å².